The van der Waals surface area contributed by atoms with E-state index >= 15 is 0 Å². The molecule has 0 aliphatic heterocycles. The summed E-state index contributed by atoms with van der Waals surface area (Å²) in [5.74, 6) is -1.69. The Morgan fingerprint density at radius 1 is 1.17 bits per heavy atom. The molecule has 5 nitrogen and oxygen atoms in total. The summed E-state index contributed by atoms with van der Waals surface area (Å²) in [6.07, 6.45) is -0.557. The van der Waals surface area contributed by atoms with E-state index in [4.69, 9.17) is 28.3 Å². The number of ketones is 2. The molecule has 1 aliphatic rings. The zero-order valence-electron chi connectivity index (χ0n) is 15.7. The van der Waals surface area contributed by atoms with E-state index in [-0.39, 0.29) is 39.2 Å². The van der Waals surface area contributed by atoms with Crippen molar-refractivity contribution in [1.82, 2.24) is 0 Å². The molecule has 0 radical (unpaired) electrons. The van der Waals surface area contributed by atoms with Gasteiger partial charge in [0, 0.05) is 23.0 Å². The maximum atomic E-state index is 13.5. The van der Waals surface area contributed by atoms with Crippen molar-refractivity contribution in [2.45, 2.75) is 38.7 Å². The van der Waals surface area contributed by atoms with Crippen LogP contribution in [0.2, 0.25) is 10.0 Å². The molecule has 0 fully saturated rings. The van der Waals surface area contributed by atoms with Gasteiger partial charge >= 0.3 is 5.97 Å². The predicted molar refractivity (Wildman–Crippen MR) is 110 cm³/mol. The van der Waals surface area contributed by atoms with Crippen LogP contribution in [-0.2, 0) is 22.4 Å². The Hall–Kier alpha value is -2.21. The molecule has 3 rings (SSSR count). The quantitative estimate of drug-likeness (QED) is 0.671. The first-order valence-corrected chi connectivity index (χ1v) is 9.91. The van der Waals surface area contributed by atoms with Gasteiger partial charge in [0.2, 0.25) is 0 Å². The van der Waals surface area contributed by atoms with Crippen molar-refractivity contribution in [3.05, 3.63) is 68.7 Å². The Labute approximate surface area is 178 Å². The van der Waals surface area contributed by atoms with Crippen LogP contribution >= 0.6 is 23.2 Å². The van der Waals surface area contributed by atoms with Crippen molar-refractivity contribution in [1.29, 1.82) is 0 Å². The molecule has 2 atom stereocenters. The van der Waals surface area contributed by atoms with Crippen molar-refractivity contribution >= 4 is 40.7 Å². The van der Waals surface area contributed by atoms with Gasteiger partial charge in [-0.15, -0.1) is 0 Å². The van der Waals surface area contributed by atoms with Crippen molar-refractivity contribution in [3.8, 4) is 0 Å². The fraction of sp³-hybridized carbons (Fsp3) is 0.318. The SMILES string of the molecule is CC(=O)CCC1(Cc2ccccc2)Cc2cc(C(O)C(=O)O)c(Cl)c(Cl)c2C1=O. The van der Waals surface area contributed by atoms with Gasteiger partial charge in [0.15, 0.2) is 11.9 Å². The number of aliphatic hydroxyl groups is 1. The summed E-state index contributed by atoms with van der Waals surface area (Å²) in [6.45, 7) is 1.48. The molecule has 0 aromatic heterocycles. The summed E-state index contributed by atoms with van der Waals surface area (Å²) in [7, 11) is 0. The third kappa shape index (κ3) is 4.08. The second-order valence-corrected chi connectivity index (χ2v) is 8.28. The van der Waals surface area contributed by atoms with Gasteiger partial charge in [-0.1, -0.05) is 59.6 Å². The van der Waals surface area contributed by atoms with Crippen LogP contribution in [0.3, 0.4) is 0 Å². The highest BCUT2D eigenvalue weighted by atomic mass is 35.5. The van der Waals surface area contributed by atoms with Gasteiger partial charge < -0.3 is 15.0 Å². The lowest BCUT2D eigenvalue weighted by Gasteiger charge is -2.27. The number of hydrogen-bond donors (Lipinski definition) is 2. The number of fused-ring (bicyclic) bond motifs is 1. The normalized spacial score (nSPS) is 19.1. The van der Waals surface area contributed by atoms with Crippen molar-refractivity contribution in [3.63, 3.8) is 0 Å². The van der Waals surface area contributed by atoms with Crippen LogP contribution in [0, 0.1) is 5.41 Å². The monoisotopic (exact) mass is 434 g/mol. The fourth-order valence-electron chi connectivity index (χ4n) is 3.96. The third-order valence-corrected chi connectivity index (χ3v) is 6.31. The van der Waals surface area contributed by atoms with Gasteiger partial charge in [-0.3, -0.25) is 4.79 Å². The lowest BCUT2D eigenvalue weighted by molar-refractivity contribution is -0.147. The zero-order chi connectivity index (χ0) is 21.3. The van der Waals surface area contributed by atoms with Gasteiger partial charge in [-0.25, -0.2) is 4.79 Å². The van der Waals surface area contributed by atoms with Crippen molar-refractivity contribution in [2.24, 2.45) is 5.41 Å². The van der Waals surface area contributed by atoms with E-state index in [1.165, 1.54) is 13.0 Å². The number of carboxylic acid groups (broad SMARTS) is 1. The minimum absolute atomic E-state index is 0.0210. The van der Waals surface area contributed by atoms with E-state index in [1.54, 1.807) is 0 Å². The number of hydrogen-bond acceptors (Lipinski definition) is 4. The highest BCUT2D eigenvalue weighted by molar-refractivity contribution is 6.45. The summed E-state index contributed by atoms with van der Waals surface area (Å²) in [5.41, 5.74) is 0.814. The van der Waals surface area contributed by atoms with E-state index in [2.05, 4.69) is 0 Å². The first kappa shape index (κ1) is 21.5. The van der Waals surface area contributed by atoms with Gasteiger partial charge in [-0.05, 0) is 37.3 Å². The van der Waals surface area contributed by atoms with E-state index in [0.717, 1.165) is 5.56 Å². The summed E-state index contributed by atoms with van der Waals surface area (Å²) >= 11 is 12.6. The number of halogens is 2. The second-order valence-electron chi connectivity index (χ2n) is 7.52. The van der Waals surface area contributed by atoms with Crippen LogP contribution in [-0.4, -0.2) is 27.7 Å². The average Bonchev–Trinajstić information content (AvgIpc) is 2.95. The Morgan fingerprint density at radius 3 is 2.41 bits per heavy atom. The molecule has 0 amide bonds. The first-order valence-electron chi connectivity index (χ1n) is 9.16. The molecule has 0 saturated carbocycles. The van der Waals surface area contributed by atoms with Crippen LogP contribution in [0.25, 0.3) is 0 Å². The molecule has 1 aliphatic carbocycles. The molecule has 2 unspecified atom stereocenters. The van der Waals surface area contributed by atoms with E-state index in [0.29, 0.717) is 24.8 Å². The molecule has 0 saturated heterocycles. The number of carbonyl (C=O) groups excluding carboxylic acids is 2. The van der Waals surface area contributed by atoms with Crippen LogP contribution < -0.4 is 0 Å². The topological polar surface area (TPSA) is 91.7 Å². The van der Waals surface area contributed by atoms with Crippen LogP contribution in [0.15, 0.2) is 36.4 Å². The minimum Gasteiger partial charge on any atom is -0.479 e. The number of Topliss-reactive ketones (excluding diaryl/α,β-unsaturated/α-hetero) is 2. The number of carbonyl (C=O) groups is 3. The first-order chi connectivity index (χ1) is 13.7. The largest absolute Gasteiger partial charge is 0.479 e. The van der Waals surface area contributed by atoms with Crippen molar-refractivity contribution in [2.75, 3.05) is 0 Å². The third-order valence-electron chi connectivity index (χ3n) is 5.42. The van der Waals surface area contributed by atoms with Crippen LogP contribution in [0.5, 0.6) is 0 Å². The number of rotatable bonds is 7. The van der Waals surface area contributed by atoms with E-state index in [1.807, 2.05) is 30.3 Å². The lowest BCUT2D eigenvalue weighted by Crippen LogP contribution is -2.31. The lowest BCUT2D eigenvalue weighted by atomic mass is 9.74. The summed E-state index contributed by atoms with van der Waals surface area (Å²) in [4.78, 5) is 36.4. The molecule has 7 heteroatoms. The molecule has 2 N–H and O–H groups in total. The standard InChI is InChI=1S/C22H20Cl2O5/c1-12(25)7-8-22(10-13-5-3-2-4-6-13)11-14-9-15(19(26)21(28)29)17(23)18(24)16(14)20(22)27/h2-6,9,19,26H,7-8,10-11H2,1H3,(H,28,29). The molecule has 0 heterocycles. The number of aliphatic carboxylic acids is 1. The summed E-state index contributed by atoms with van der Waals surface area (Å²) < 4.78 is 0. The van der Waals surface area contributed by atoms with Crippen LogP contribution in [0.1, 0.15) is 52.9 Å². The highest BCUT2D eigenvalue weighted by Gasteiger charge is 2.47. The van der Waals surface area contributed by atoms with Crippen molar-refractivity contribution < 1.29 is 24.6 Å². The van der Waals surface area contributed by atoms with Crippen LogP contribution in [0.4, 0.5) is 0 Å². The Bertz CT molecular complexity index is 986. The van der Waals surface area contributed by atoms with Gasteiger partial charge in [0.1, 0.15) is 5.78 Å². The molecule has 2 aromatic rings. The second kappa shape index (κ2) is 8.27. The molecule has 29 heavy (non-hydrogen) atoms. The Morgan fingerprint density at radius 2 is 1.83 bits per heavy atom. The maximum absolute atomic E-state index is 13.5. The van der Waals surface area contributed by atoms with Gasteiger partial charge in [-0.2, -0.15) is 0 Å². The molecule has 152 valence electrons. The summed E-state index contributed by atoms with van der Waals surface area (Å²) in [5, 5.41) is 18.9. The molecule has 0 spiro atoms. The predicted octanol–water partition coefficient (Wildman–Crippen LogP) is 4.45. The molecular formula is C22H20Cl2O5. The number of aliphatic hydroxyl groups excluding tert-OH is 1. The highest BCUT2D eigenvalue weighted by Crippen LogP contribution is 2.48. The minimum atomic E-state index is -1.85. The Kier molecular flexibility index (Phi) is 6.13. The molecule has 0 bridgehead atoms. The van der Waals surface area contributed by atoms with Gasteiger partial charge in [0.25, 0.3) is 0 Å². The smallest absolute Gasteiger partial charge is 0.337 e. The number of carboxylic acids is 1. The van der Waals surface area contributed by atoms with Gasteiger partial charge in [0.05, 0.1) is 10.0 Å². The summed E-state index contributed by atoms with van der Waals surface area (Å²) in [6, 6.07) is 10.9. The van der Waals surface area contributed by atoms with E-state index in [9.17, 15) is 19.5 Å². The average molecular weight is 435 g/mol. The molecule has 2 aromatic carbocycles. The zero-order valence-corrected chi connectivity index (χ0v) is 17.3. The fourth-order valence-corrected chi connectivity index (χ4v) is 4.53. The number of benzene rings is 2. The molecular weight excluding hydrogens is 415 g/mol. The Balaban J connectivity index is 2.09. The van der Waals surface area contributed by atoms with E-state index < -0.39 is 17.5 Å². The maximum Gasteiger partial charge on any atom is 0.337 e.